The topological polar surface area (TPSA) is 74.8 Å². The number of anilines is 1. The Morgan fingerprint density at radius 2 is 1.95 bits per heavy atom. The Morgan fingerprint density at radius 3 is 2.67 bits per heavy atom. The van der Waals surface area contributed by atoms with E-state index in [2.05, 4.69) is 15.3 Å². The Labute approximate surface area is 124 Å². The van der Waals surface area contributed by atoms with E-state index >= 15 is 0 Å². The van der Waals surface area contributed by atoms with Gasteiger partial charge < -0.3 is 0 Å². The third kappa shape index (κ3) is 2.45. The second-order valence-corrected chi connectivity index (χ2v) is 5.90. The number of fused-ring (bicyclic) bond motifs is 1. The van der Waals surface area contributed by atoms with Crippen molar-refractivity contribution in [2.75, 3.05) is 5.32 Å². The summed E-state index contributed by atoms with van der Waals surface area (Å²) in [5.74, 6) is -0.134. The first-order valence-electron chi connectivity index (χ1n) is 6.42. The fourth-order valence-electron chi connectivity index (χ4n) is 2.08. The second kappa shape index (κ2) is 5.14. The van der Waals surface area contributed by atoms with Crippen LogP contribution < -0.4 is 10.9 Å². The number of aromatic amines is 1. The molecule has 0 unspecified atom stereocenters. The van der Waals surface area contributed by atoms with E-state index in [1.54, 1.807) is 24.3 Å². The highest BCUT2D eigenvalue weighted by Gasteiger charge is 2.13. The minimum atomic E-state index is -0.303. The molecule has 106 valence electrons. The molecule has 2 heterocycles. The van der Waals surface area contributed by atoms with Crippen molar-refractivity contribution in [1.82, 2.24) is 9.97 Å². The van der Waals surface area contributed by atoms with Crippen molar-refractivity contribution < 1.29 is 4.79 Å². The van der Waals surface area contributed by atoms with E-state index in [9.17, 15) is 9.59 Å². The summed E-state index contributed by atoms with van der Waals surface area (Å²) in [5, 5.41) is 3.21. The number of H-pyrrole nitrogens is 1. The number of amides is 1. The fraction of sp³-hybridized carbons (Fsp3) is 0.133. The van der Waals surface area contributed by atoms with Gasteiger partial charge in [0.05, 0.1) is 5.39 Å². The molecule has 0 atom stereocenters. The first-order chi connectivity index (χ1) is 10.1. The van der Waals surface area contributed by atoms with Gasteiger partial charge in [0.15, 0.2) is 0 Å². The first-order valence-corrected chi connectivity index (χ1v) is 7.24. The van der Waals surface area contributed by atoms with Crippen LogP contribution in [0.2, 0.25) is 0 Å². The van der Waals surface area contributed by atoms with Crippen LogP contribution in [0.25, 0.3) is 10.2 Å². The van der Waals surface area contributed by atoms with Crippen molar-refractivity contribution in [1.29, 1.82) is 0 Å². The number of aryl methyl sites for hydroxylation is 2. The lowest BCUT2D eigenvalue weighted by Gasteiger charge is -2.04. The molecular formula is C15H13N3O2S. The van der Waals surface area contributed by atoms with Crippen LogP contribution >= 0.6 is 11.3 Å². The predicted molar refractivity (Wildman–Crippen MR) is 84.1 cm³/mol. The van der Waals surface area contributed by atoms with Gasteiger partial charge in [0, 0.05) is 10.4 Å². The van der Waals surface area contributed by atoms with Gasteiger partial charge in [0.2, 0.25) is 5.95 Å². The van der Waals surface area contributed by atoms with Gasteiger partial charge in [0.25, 0.3) is 11.5 Å². The van der Waals surface area contributed by atoms with Gasteiger partial charge in [-0.15, -0.1) is 11.3 Å². The van der Waals surface area contributed by atoms with Crippen LogP contribution in [0.15, 0.2) is 35.1 Å². The lowest BCUT2D eigenvalue weighted by Crippen LogP contribution is -2.18. The highest BCUT2D eigenvalue weighted by molar-refractivity contribution is 7.18. The maximum absolute atomic E-state index is 12.1. The zero-order valence-corrected chi connectivity index (χ0v) is 12.4. The predicted octanol–water partition coefficient (Wildman–Crippen LogP) is 2.85. The number of benzene rings is 1. The van der Waals surface area contributed by atoms with Crippen LogP contribution in [0.4, 0.5) is 5.95 Å². The first kappa shape index (κ1) is 13.5. The Balaban J connectivity index is 1.99. The highest BCUT2D eigenvalue weighted by atomic mass is 32.1. The number of rotatable bonds is 2. The van der Waals surface area contributed by atoms with Gasteiger partial charge in [-0.05, 0) is 31.5 Å². The highest BCUT2D eigenvalue weighted by Crippen LogP contribution is 2.26. The Bertz CT molecular complexity index is 881. The molecule has 0 bridgehead atoms. The van der Waals surface area contributed by atoms with E-state index < -0.39 is 0 Å². The van der Waals surface area contributed by atoms with Crippen LogP contribution in [-0.4, -0.2) is 15.9 Å². The molecule has 21 heavy (non-hydrogen) atoms. The summed E-state index contributed by atoms with van der Waals surface area (Å²) in [6, 6.07) is 8.79. The van der Waals surface area contributed by atoms with Gasteiger partial charge in [-0.25, -0.2) is 4.98 Å². The largest absolute Gasteiger partial charge is 0.292 e. The molecule has 0 spiro atoms. The Kier molecular flexibility index (Phi) is 3.31. The molecule has 3 rings (SSSR count). The van der Waals surface area contributed by atoms with E-state index in [0.29, 0.717) is 15.8 Å². The van der Waals surface area contributed by atoms with Gasteiger partial charge in [-0.2, -0.15) is 0 Å². The molecule has 0 saturated heterocycles. The fourth-order valence-corrected chi connectivity index (χ4v) is 3.11. The van der Waals surface area contributed by atoms with Crippen molar-refractivity contribution in [2.45, 2.75) is 13.8 Å². The average molecular weight is 299 g/mol. The lowest BCUT2D eigenvalue weighted by atomic mass is 10.2. The Morgan fingerprint density at radius 1 is 1.24 bits per heavy atom. The van der Waals surface area contributed by atoms with E-state index in [1.807, 2.05) is 19.9 Å². The molecule has 2 N–H and O–H groups in total. The zero-order valence-electron chi connectivity index (χ0n) is 11.6. The van der Waals surface area contributed by atoms with Crippen molar-refractivity contribution in [2.24, 2.45) is 0 Å². The molecule has 0 radical (unpaired) electrons. The molecule has 2 aromatic heterocycles. The van der Waals surface area contributed by atoms with Crippen molar-refractivity contribution in [3.8, 4) is 0 Å². The second-order valence-electron chi connectivity index (χ2n) is 4.70. The van der Waals surface area contributed by atoms with E-state index in [-0.39, 0.29) is 17.4 Å². The lowest BCUT2D eigenvalue weighted by molar-refractivity contribution is 0.102. The number of aromatic nitrogens is 2. The third-order valence-corrected chi connectivity index (χ3v) is 4.41. The molecule has 0 aliphatic heterocycles. The molecule has 1 amide bonds. The van der Waals surface area contributed by atoms with Crippen LogP contribution in [0.3, 0.4) is 0 Å². The summed E-state index contributed by atoms with van der Waals surface area (Å²) in [6.45, 7) is 3.84. The van der Waals surface area contributed by atoms with Crippen molar-refractivity contribution in [3.63, 3.8) is 0 Å². The van der Waals surface area contributed by atoms with Crippen molar-refractivity contribution >= 4 is 33.4 Å². The van der Waals surface area contributed by atoms with Gasteiger partial charge in [-0.1, -0.05) is 18.2 Å². The van der Waals surface area contributed by atoms with Crippen molar-refractivity contribution in [3.05, 3.63) is 56.7 Å². The Hall–Kier alpha value is -2.47. The summed E-state index contributed by atoms with van der Waals surface area (Å²) in [4.78, 5) is 32.8. The molecular weight excluding hydrogens is 286 g/mol. The molecule has 6 heteroatoms. The molecule has 0 aliphatic rings. The number of hydrogen-bond donors (Lipinski definition) is 2. The summed E-state index contributed by atoms with van der Waals surface area (Å²) in [6.07, 6.45) is 0. The summed E-state index contributed by atoms with van der Waals surface area (Å²) < 4.78 is 0. The number of thiophene rings is 1. The summed E-state index contributed by atoms with van der Waals surface area (Å²) >= 11 is 1.45. The van der Waals surface area contributed by atoms with Gasteiger partial charge in [-0.3, -0.25) is 19.9 Å². The van der Waals surface area contributed by atoms with Gasteiger partial charge in [0.1, 0.15) is 4.83 Å². The van der Waals surface area contributed by atoms with Crippen LogP contribution in [0, 0.1) is 13.8 Å². The van der Waals surface area contributed by atoms with Gasteiger partial charge >= 0.3 is 0 Å². The van der Waals surface area contributed by atoms with Crippen LogP contribution in [0.1, 0.15) is 20.8 Å². The molecule has 1 aromatic carbocycles. The average Bonchev–Trinajstić information content (AvgIpc) is 2.75. The van der Waals surface area contributed by atoms with E-state index in [4.69, 9.17) is 0 Å². The number of carbonyl (C=O) groups is 1. The summed E-state index contributed by atoms with van der Waals surface area (Å²) in [5.41, 5.74) is 1.22. The third-order valence-electron chi connectivity index (χ3n) is 3.31. The molecule has 5 nitrogen and oxygen atoms in total. The molecule has 0 fully saturated rings. The van der Waals surface area contributed by atoms with E-state index in [0.717, 1.165) is 10.4 Å². The maximum Gasteiger partial charge on any atom is 0.261 e. The maximum atomic E-state index is 12.1. The monoisotopic (exact) mass is 299 g/mol. The SMILES string of the molecule is Cc1sc2nc(NC(=O)c3ccccc3)[nH]c(=O)c2c1C. The normalized spacial score (nSPS) is 10.8. The standard InChI is InChI=1S/C15H13N3O2S/c1-8-9(2)21-14-11(8)13(20)17-15(18-14)16-12(19)10-6-4-3-5-7-10/h3-7H,1-2H3,(H2,16,17,18,19,20). The number of nitrogens with zero attached hydrogens (tertiary/aromatic N) is 1. The minimum absolute atomic E-state index is 0.169. The minimum Gasteiger partial charge on any atom is -0.292 e. The number of hydrogen-bond acceptors (Lipinski definition) is 4. The number of nitrogens with one attached hydrogen (secondary N) is 2. The smallest absolute Gasteiger partial charge is 0.261 e. The van der Waals surface area contributed by atoms with Crippen LogP contribution in [-0.2, 0) is 0 Å². The molecule has 0 aliphatic carbocycles. The number of carbonyl (C=O) groups excluding carboxylic acids is 1. The summed E-state index contributed by atoms with van der Waals surface area (Å²) in [7, 11) is 0. The van der Waals surface area contributed by atoms with Crippen LogP contribution in [0.5, 0.6) is 0 Å². The molecule has 0 saturated carbocycles. The quantitative estimate of drug-likeness (QED) is 0.764. The molecule has 3 aromatic rings. The zero-order chi connectivity index (χ0) is 15.0. The van der Waals surface area contributed by atoms with E-state index in [1.165, 1.54) is 11.3 Å².